The third-order valence-electron chi connectivity index (χ3n) is 3.78. The van der Waals surface area contributed by atoms with E-state index < -0.39 is 35.9 Å². The van der Waals surface area contributed by atoms with Gasteiger partial charge in [0.1, 0.15) is 12.1 Å². The van der Waals surface area contributed by atoms with Gasteiger partial charge in [0, 0.05) is 6.54 Å². The zero-order valence-corrected chi connectivity index (χ0v) is 16.9. The highest BCUT2D eigenvalue weighted by Crippen LogP contribution is 2.06. The number of carbonyl (C=O) groups is 3. The van der Waals surface area contributed by atoms with E-state index in [0.717, 1.165) is 5.75 Å². The second-order valence-electron chi connectivity index (χ2n) is 6.47. The third-order valence-corrected chi connectivity index (χ3v) is 4.42. The summed E-state index contributed by atoms with van der Waals surface area (Å²) in [5, 5.41) is 14.4. The fraction of sp³-hybridized carbons (Fsp3) is 0.750. The minimum Gasteiger partial charge on any atom is -0.480 e. The van der Waals surface area contributed by atoms with Gasteiger partial charge in [-0.3, -0.25) is 14.6 Å². The number of nitrogens with one attached hydrogen (secondary N) is 2. The summed E-state index contributed by atoms with van der Waals surface area (Å²) in [6.45, 7) is 3.77. The van der Waals surface area contributed by atoms with Crippen LogP contribution in [-0.4, -0.2) is 65.5 Å². The number of carbonyl (C=O) groups excluding carboxylic acids is 2. The van der Waals surface area contributed by atoms with Gasteiger partial charge < -0.3 is 32.9 Å². The first-order chi connectivity index (χ1) is 12.6. The van der Waals surface area contributed by atoms with Crippen LogP contribution in [0.4, 0.5) is 0 Å². The lowest BCUT2D eigenvalue weighted by molar-refractivity contribution is -0.142. The van der Waals surface area contributed by atoms with Gasteiger partial charge in [-0.15, -0.1) is 0 Å². The molecule has 0 aromatic carbocycles. The van der Waals surface area contributed by atoms with Gasteiger partial charge in [0.05, 0.1) is 6.04 Å². The smallest absolute Gasteiger partial charge is 0.326 e. The lowest BCUT2D eigenvalue weighted by atomic mass is 10.0. The summed E-state index contributed by atoms with van der Waals surface area (Å²) in [5.41, 5.74) is 16.3. The van der Waals surface area contributed by atoms with Crippen molar-refractivity contribution in [2.45, 2.75) is 51.2 Å². The predicted octanol–water partition coefficient (Wildman–Crippen LogP) is -1.17. The van der Waals surface area contributed by atoms with Crippen LogP contribution in [-0.2, 0) is 14.4 Å². The lowest BCUT2D eigenvalue weighted by Crippen LogP contribution is -2.56. The summed E-state index contributed by atoms with van der Waals surface area (Å²) in [7, 11) is 0. The van der Waals surface area contributed by atoms with E-state index in [1.165, 1.54) is 0 Å². The van der Waals surface area contributed by atoms with Gasteiger partial charge in [-0.25, -0.2) is 4.79 Å². The zero-order chi connectivity index (χ0) is 21.0. The van der Waals surface area contributed by atoms with E-state index >= 15 is 0 Å². The molecule has 0 aromatic heterocycles. The average Bonchev–Trinajstić information content (AvgIpc) is 2.58. The zero-order valence-electron chi connectivity index (χ0n) is 16.1. The molecule has 11 heteroatoms. The van der Waals surface area contributed by atoms with Crippen molar-refractivity contribution < 1.29 is 19.5 Å². The van der Waals surface area contributed by atoms with E-state index in [4.69, 9.17) is 17.2 Å². The second-order valence-corrected chi connectivity index (χ2v) is 7.45. The van der Waals surface area contributed by atoms with Crippen molar-refractivity contribution in [1.82, 2.24) is 10.6 Å². The molecule has 0 aromatic rings. The number of nitrogens with two attached hydrogens (primary N) is 3. The number of amides is 2. The molecule has 0 radical (unpaired) electrons. The maximum absolute atomic E-state index is 12.5. The maximum atomic E-state index is 12.5. The Kier molecular flexibility index (Phi) is 12.2. The molecular weight excluding hydrogens is 372 g/mol. The highest BCUT2D eigenvalue weighted by molar-refractivity contribution is 7.98. The SMILES string of the molecule is CSCCC(N)C(=O)NC(C(=O)NC(CCCN=C(N)N)C(=O)O)C(C)C. The summed E-state index contributed by atoms with van der Waals surface area (Å²) in [5.74, 6) is -1.76. The van der Waals surface area contributed by atoms with Crippen LogP contribution in [0.1, 0.15) is 33.1 Å². The van der Waals surface area contributed by atoms with Crippen molar-refractivity contribution in [3.05, 3.63) is 0 Å². The molecule has 0 rings (SSSR count). The first-order valence-corrected chi connectivity index (χ1v) is 10.1. The molecule has 27 heavy (non-hydrogen) atoms. The minimum atomic E-state index is -1.17. The monoisotopic (exact) mass is 404 g/mol. The molecule has 0 fully saturated rings. The molecular formula is C16H32N6O4S. The van der Waals surface area contributed by atoms with Gasteiger partial charge in [0.25, 0.3) is 0 Å². The summed E-state index contributed by atoms with van der Waals surface area (Å²) in [6, 6.07) is -2.70. The predicted molar refractivity (Wildman–Crippen MR) is 107 cm³/mol. The lowest BCUT2D eigenvalue weighted by Gasteiger charge is -2.25. The molecule has 10 nitrogen and oxygen atoms in total. The van der Waals surface area contributed by atoms with Crippen LogP contribution in [0.25, 0.3) is 0 Å². The summed E-state index contributed by atoms with van der Waals surface area (Å²) < 4.78 is 0. The second kappa shape index (κ2) is 13.2. The topological polar surface area (TPSA) is 186 Å². The third kappa shape index (κ3) is 10.7. The van der Waals surface area contributed by atoms with E-state index in [0.29, 0.717) is 12.8 Å². The molecule has 3 atom stereocenters. The van der Waals surface area contributed by atoms with E-state index in [2.05, 4.69) is 15.6 Å². The largest absolute Gasteiger partial charge is 0.480 e. The molecule has 0 aliphatic rings. The first kappa shape index (κ1) is 25.0. The van der Waals surface area contributed by atoms with Crippen molar-refractivity contribution >= 4 is 35.5 Å². The van der Waals surface area contributed by atoms with E-state index in [1.54, 1.807) is 25.6 Å². The van der Waals surface area contributed by atoms with Crippen LogP contribution < -0.4 is 27.8 Å². The van der Waals surface area contributed by atoms with Crippen molar-refractivity contribution in [3.8, 4) is 0 Å². The minimum absolute atomic E-state index is 0.0775. The van der Waals surface area contributed by atoms with Crippen molar-refractivity contribution in [2.24, 2.45) is 28.1 Å². The number of guanidine groups is 1. The van der Waals surface area contributed by atoms with Gasteiger partial charge in [0.15, 0.2) is 5.96 Å². The number of thioether (sulfide) groups is 1. The molecule has 9 N–H and O–H groups in total. The Morgan fingerprint density at radius 2 is 1.74 bits per heavy atom. The standard InChI is InChI=1S/C16H32N6O4S/c1-9(2)12(22-13(23)10(17)6-8-27-3)14(24)21-11(15(25)26)5-4-7-20-16(18)19/h9-12H,4-8,17H2,1-3H3,(H,21,24)(H,22,23)(H,25,26)(H4,18,19,20). The van der Waals surface area contributed by atoms with E-state index in [1.807, 2.05) is 6.26 Å². The summed E-state index contributed by atoms with van der Waals surface area (Å²) in [6.07, 6.45) is 2.94. The number of carboxylic acids is 1. The number of hydrogen-bond acceptors (Lipinski definition) is 6. The van der Waals surface area contributed by atoms with Crippen LogP contribution >= 0.6 is 11.8 Å². The fourth-order valence-corrected chi connectivity index (χ4v) is 2.68. The fourth-order valence-electron chi connectivity index (χ4n) is 2.19. The number of hydrogen-bond donors (Lipinski definition) is 6. The highest BCUT2D eigenvalue weighted by atomic mass is 32.2. The molecule has 2 amide bonds. The first-order valence-electron chi connectivity index (χ1n) is 8.73. The van der Waals surface area contributed by atoms with E-state index in [-0.39, 0.29) is 24.8 Å². The molecule has 0 aliphatic heterocycles. The number of aliphatic imine (C=N–C) groups is 1. The molecule has 0 heterocycles. The van der Waals surface area contributed by atoms with Gasteiger partial charge in [-0.05, 0) is 37.2 Å². The van der Waals surface area contributed by atoms with Crippen LogP contribution in [0.2, 0.25) is 0 Å². The van der Waals surface area contributed by atoms with Gasteiger partial charge in [0.2, 0.25) is 11.8 Å². The Bertz CT molecular complexity index is 525. The Labute approximate surface area is 164 Å². The van der Waals surface area contributed by atoms with Gasteiger partial charge in [-0.2, -0.15) is 11.8 Å². The summed E-state index contributed by atoms with van der Waals surface area (Å²) >= 11 is 1.57. The summed E-state index contributed by atoms with van der Waals surface area (Å²) in [4.78, 5) is 39.9. The maximum Gasteiger partial charge on any atom is 0.326 e. The van der Waals surface area contributed by atoms with Gasteiger partial charge >= 0.3 is 5.97 Å². The van der Waals surface area contributed by atoms with Crippen molar-refractivity contribution in [1.29, 1.82) is 0 Å². The number of rotatable bonds is 13. The normalized spacial score (nSPS) is 14.1. The molecule has 0 bridgehead atoms. The van der Waals surface area contributed by atoms with Crippen LogP contribution in [0.3, 0.4) is 0 Å². The quantitative estimate of drug-likeness (QED) is 0.126. The Balaban J connectivity index is 4.84. The number of nitrogens with zero attached hydrogens (tertiary/aromatic N) is 1. The van der Waals surface area contributed by atoms with Crippen molar-refractivity contribution in [2.75, 3.05) is 18.6 Å². The Morgan fingerprint density at radius 1 is 1.11 bits per heavy atom. The molecule has 3 unspecified atom stereocenters. The van der Waals surface area contributed by atoms with Crippen molar-refractivity contribution in [3.63, 3.8) is 0 Å². The average molecular weight is 405 g/mol. The number of aliphatic carboxylic acids is 1. The number of carboxylic acid groups (broad SMARTS) is 1. The molecule has 156 valence electrons. The molecule has 0 saturated heterocycles. The Morgan fingerprint density at radius 3 is 2.22 bits per heavy atom. The van der Waals surface area contributed by atoms with E-state index in [9.17, 15) is 19.5 Å². The van der Waals surface area contributed by atoms with Gasteiger partial charge in [-0.1, -0.05) is 13.8 Å². The molecule has 0 spiro atoms. The molecule has 0 aliphatic carbocycles. The molecule has 0 saturated carbocycles. The van der Waals surface area contributed by atoms with Crippen LogP contribution in [0.15, 0.2) is 4.99 Å². The van der Waals surface area contributed by atoms with Crippen LogP contribution in [0, 0.1) is 5.92 Å². The highest BCUT2D eigenvalue weighted by Gasteiger charge is 2.29. The Hall–Kier alpha value is -2.01. The van der Waals surface area contributed by atoms with Crippen LogP contribution in [0.5, 0.6) is 0 Å².